The minimum atomic E-state index is -0.252. The number of phenols is 1. The molecule has 1 saturated heterocycles. The number of halogens is 3. The summed E-state index contributed by atoms with van der Waals surface area (Å²) >= 11 is 12.1. The van der Waals surface area contributed by atoms with Crippen molar-refractivity contribution in [1.29, 1.82) is 0 Å². The summed E-state index contributed by atoms with van der Waals surface area (Å²) in [5.41, 5.74) is 2.67. The minimum Gasteiger partial charge on any atom is -0.507 e. The van der Waals surface area contributed by atoms with Crippen molar-refractivity contribution in [3.05, 3.63) is 92.9 Å². The van der Waals surface area contributed by atoms with Gasteiger partial charge in [-0.3, -0.25) is 9.69 Å². The molecule has 34 heavy (non-hydrogen) atoms. The van der Waals surface area contributed by atoms with Crippen molar-refractivity contribution in [1.82, 2.24) is 4.90 Å². The van der Waals surface area contributed by atoms with Crippen molar-refractivity contribution >= 4 is 40.7 Å². The highest BCUT2D eigenvalue weighted by Gasteiger charge is 2.32. The van der Waals surface area contributed by atoms with E-state index in [1.54, 1.807) is 42.5 Å². The maximum Gasteiger partial charge on any atom is 0.231 e. The summed E-state index contributed by atoms with van der Waals surface area (Å²) in [4.78, 5) is 17.3. The molecule has 0 aromatic heterocycles. The number of Topliss-reactive ketones (excluding diaryl/α,β-unsaturated/α-hetero) is 1. The Morgan fingerprint density at radius 1 is 0.971 bits per heavy atom. The summed E-state index contributed by atoms with van der Waals surface area (Å²) in [6, 6.07) is 14.7. The molecule has 2 heterocycles. The van der Waals surface area contributed by atoms with Crippen LogP contribution in [0.25, 0.3) is 6.08 Å². The Morgan fingerprint density at radius 3 is 2.41 bits per heavy atom. The molecule has 0 spiro atoms. The predicted molar refractivity (Wildman–Crippen MR) is 131 cm³/mol. The fraction of sp³-hybridized carbons (Fsp3) is 0.192. The average molecular weight is 499 g/mol. The molecule has 1 fully saturated rings. The van der Waals surface area contributed by atoms with Gasteiger partial charge in [-0.05, 0) is 60.2 Å². The van der Waals surface area contributed by atoms with Crippen molar-refractivity contribution in [2.24, 2.45) is 0 Å². The number of nitrogens with zero attached hydrogens (tertiary/aromatic N) is 2. The molecule has 3 aromatic rings. The molecule has 174 valence electrons. The summed E-state index contributed by atoms with van der Waals surface area (Å²) in [6.07, 6.45) is 1.62. The lowest BCUT2D eigenvalue weighted by Crippen LogP contribution is -2.46. The topological polar surface area (TPSA) is 53.0 Å². The largest absolute Gasteiger partial charge is 0.507 e. The maximum atomic E-state index is 13.2. The summed E-state index contributed by atoms with van der Waals surface area (Å²) in [5.74, 6) is 0.142. The SMILES string of the molecule is O=C1/C(=C/c2ccc(Cl)c(Cl)c2)Oc2c1ccc(O)c2CN1CCN(c2ccc(F)cc2)CC1. The molecule has 2 aliphatic heterocycles. The van der Waals surface area contributed by atoms with E-state index in [1.165, 1.54) is 18.2 Å². The number of hydrogen-bond donors (Lipinski definition) is 1. The van der Waals surface area contributed by atoms with E-state index in [0.717, 1.165) is 31.9 Å². The van der Waals surface area contributed by atoms with Crippen LogP contribution in [0.3, 0.4) is 0 Å². The van der Waals surface area contributed by atoms with Crippen molar-refractivity contribution in [2.75, 3.05) is 31.1 Å². The molecule has 1 N–H and O–H groups in total. The molecule has 0 atom stereocenters. The highest BCUT2D eigenvalue weighted by molar-refractivity contribution is 6.42. The van der Waals surface area contributed by atoms with Crippen molar-refractivity contribution in [3.63, 3.8) is 0 Å². The van der Waals surface area contributed by atoms with Crippen molar-refractivity contribution in [2.45, 2.75) is 6.54 Å². The van der Waals surface area contributed by atoms with Gasteiger partial charge in [0.2, 0.25) is 5.78 Å². The number of benzene rings is 3. The zero-order valence-corrected chi connectivity index (χ0v) is 19.6. The van der Waals surface area contributed by atoms with Gasteiger partial charge in [0, 0.05) is 38.4 Å². The third-order valence-corrected chi connectivity index (χ3v) is 6.84. The molecule has 0 unspecified atom stereocenters. The van der Waals surface area contributed by atoms with E-state index in [2.05, 4.69) is 9.80 Å². The number of ether oxygens (including phenoxy) is 1. The fourth-order valence-electron chi connectivity index (χ4n) is 4.24. The van der Waals surface area contributed by atoms with Gasteiger partial charge in [-0.1, -0.05) is 29.3 Å². The van der Waals surface area contributed by atoms with E-state index in [1.807, 2.05) is 0 Å². The summed E-state index contributed by atoms with van der Waals surface area (Å²) in [6.45, 7) is 3.48. The second kappa shape index (κ2) is 9.29. The van der Waals surface area contributed by atoms with Gasteiger partial charge >= 0.3 is 0 Å². The summed E-state index contributed by atoms with van der Waals surface area (Å²) in [7, 11) is 0. The summed E-state index contributed by atoms with van der Waals surface area (Å²) in [5, 5.41) is 11.4. The van der Waals surface area contributed by atoms with Crippen LogP contribution in [-0.2, 0) is 6.54 Å². The van der Waals surface area contributed by atoms with E-state index >= 15 is 0 Å². The quantitative estimate of drug-likeness (QED) is 0.462. The number of fused-ring (bicyclic) bond motifs is 1. The third kappa shape index (κ3) is 4.49. The van der Waals surface area contributed by atoms with Gasteiger partial charge in [0.25, 0.3) is 0 Å². The first-order chi connectivity index (χ1) is 16.4. The number of anilines is 1. The molecule has 0 amide bonds. The van der Waals surface area contributed by atoms with Crippen LogP contribution in [0.4, 0.5) is 10.1 Å². The van der Waals surface area contributed by atoms with Crippen LogP contribution in [0, 0.1) is 5.82 Å². The highest BCUT2D eigenvalue weighted by Crippen LogP contribution is 2.40. The second-order valence-corrected chi connectivity index (χ2v) is 9.11. The van der Waals surface area contributed by atoms with Gasteiger partial charge in [-0.25, -0.2) is 4.39 Å². The van der Waals surface area contributed by atoms with Gasteiger partial charge < -0.3 is 14.7 Å². The molecule has 3 aromatic carbocycles. The zero-order valence-electron chi connectivity index (χ0n) is 18.1. The third-order valence-electron chi connectivity index (χ3n) is 6.10. The van der Waals surface area contributed by atoms with Crippen LogP contribution >= 0.6 is 23.2 Å². The first-order valence-corrected chi connectivity index (χ1v) is 11.6. The number of hydrogen-bond acceptors (Lipinski definition) is 5. The summed E-state index contributed by atoms with van der Waals surface area (Å²) < 4.78 is 19.2. The Labute approximate surface area is 206 Å². The number of ketones is 1. The van der Waals surface area contributed by atoms with Crippen LogP contribution in [0.1, 0.15) is 21.5 Å². The number of carbonyl (C=O) groups excluding carboxylic acids is 1. The first kappa shape index (κ1) is 22.7. The number of aromatic hydroxyl groups is 1. The lowest BCUT2D eigenvalue weighted by molar-refractivity contribution is 0.101. The molecule has 0 radical (unpaired) electrons. The Bertz CT molecular complexity index is 1290. The monoisotopic (exact) mass is 498 g/mol. The number of phenolic OH excluding ortho intramolecular Hbond substituents is 1. The van der Waals surface area contributed by atoms with Crippen LogP contribution < -0.4 is 9.64 Å². The van der Waals surface area contributed by atoms with E-state index in [4.69, 9.17) is 27.9 Å². The van der Waals surface area contributed by atoms with Crippen LogP contribution in [-0.4, -0.2) is 42.0 Å². The Balaban J connectivity index is 1.33. The lowest BCUT2D eigenvalue weighted by Gasteiger charge is -2.36. The molecule has 0 saturated carbocycles. The van der Waals surface area contributed by atoms with Gasteiger partial charge in [0.15, 0.2) is 5.76 Å². The normalized spacial score (nSPS) is 17.2. The van der Waals surface area contributed by atoms with Crippen LogP contribution in [0.15, 0.2) is 60.4 Å². The molecule has 5 rings (SSSR count). The molecule has 0 aliphatic carbocycles. The predicted octanol–water partition coefficient (Wildman–Crippen LogP) is 5.78. The van der Waals surface area contributed by atoms with E-state index in [-0.39, 0.29) is 23.1 Å². The first-order valence-electron chi connectivity index (χ1n) is 10.9. The number of carbonyl (C=O) groups is 1. The Hall–Kier alpha value is -3.06. The molecular weight excluding hydrogens is 478 g/mol. The average Bonchev–Trinajstić information content (AvgIpc) is 3.14. The maximum absolute atomic E-state index is 13.2. The van der Waals surface area contributed by atoms with Gasteiger partial charge in [-0.15, -0.1) is 0 Å². The molecule has 5 nitrogen and oxygen atoms in total. The zero-order chi connectivity index (χ0) is 23.8. The van der Waals surface area contributed by atoms with Crippen molar-refractivity contribution in [3.8, 4) is 11.5 Å². The number of piperazine rings is 1. The number of rotatable bonds is 4. The van der Waals surface area contributed by atoms with Gasteiger partial charge in [0.1, 0.15) is 17.3 Å². The van der Waals surface area contributed by atoms with E-state index in [0.29, 0.717) is 39.0 Å². The number of allylic oxidation sites excluding steroid dienone is 1. The van der Waals surface area contributed by atoms with Gasteiger partial charge in [-0.2, -0.15) is 0 Å². The second-order valence-electron chi connectivity index (χ2n) is 8.29. The van der Waals surface area contributed by atoms with E-state index in [9.17, 15) is 14.3 Å². The van der Waals surface area contributed by atoms with Crippen LogP contribution in [0.5, 0.6) is 11.5 Å². The highest BCUT2D eigenvalue weighted by atomic mass is 35.5. The lowest BCUT2D eigenvalue weighted by atomic mass is 10.0. The Morgan fingerprint density at radius 2 is 1.71 bits per heavy atom. The standard InChI is InChI=1S/C26H21Cl2FN2O3/c27-21-7-1-16(13-22(21)28)14-24-25(33)19-6-8-23(32)20(26(19)34-24)15-30-9-11-31(12-10-30)18-4-2-17(29)3-5-18/h1-8,13-14,32H,9-12,15H2/b24-14-. The molecular formula is C26H21Cl2FN2O3. The minimum absolute atomic E-state index is 0.0864. The van der Waals surface area contributed by atoms with Crippen LogP contribution in [0.2, 0.25) is 10.0 Å². The molecule has 2 aliphatic rings. The van der Waals surface area contributed by atoms with E-state index < -0.39 is 0 Å². The molecule has 0 bridgehead atoms. The fourth-order valence-corrected chi connectivity index (χ4v) is 4.55. The smallest absolute Gasteiger partial charge is 0.231 e. The Kier molecular flexibility index (Phi) is 6.21. The molecule has 8 heteroatoms. The van der Waals surface area contributed by atoms with Crippen molar-refractivity contribution < 1.29 is 19.0 Å². The van der Waals surface area contributed by atoms with Gasteiger partial charge in [0.05, 0.1) is 21.2 Å².